The monoisotopic (exact) mass is 352 g/mol. The molecule has 0 aliphatic carbocycles. The molecule has 0 nitrogen and oxygen atoms in total. The maximum Gasteiger partial charge on any atom is 0.169 e. The second-order valence-corrected chi connectivity index (χ2v) is 6.51. The topological polar surface area (TPSA) is 0 Å². The Morgan fingerprint density at radius 2 is 1.44 bits per heavy atom. The summed E-state index contributed by atoms with van der Waals surface area (Å²) >= 11 is 0. The zero-order chi connectivity index (χ0) is 18.4. The van der Waals surface area contributed by atoms with Gasteiger partial charge in [-0.3, -0.25) is 0 Å². The zero-order valence-corrected chi connectivity index (χ0v) is 14.8. The molecule has 0 saturated heterocycles. The van der Waals surface area contributed by atoms with Gasteiger partial charge in [0, 0.05) is 5.56 Å². The highest BCUT2D eigenvalue weighted by Gasteiger charge is 2.20. The molecule has 0 saturated carbocycles. The first-order valence-corrected chi connectivity index (χ1v) is 8.88. The molecule has 2 rings (SSSR count). The normalized spacial score (nSPS) is 11.1. The lowest BCUT2D eigenvalue weighted by Gasteiger charge is -2.10. The highest BCUT2D eigenvalue weighted by molar-refractivity contribution is 5.66. The lowest BCUT2D eigenvalue weighted by Crippen LogP contribution is -2.00. The van der Waals surface area contributed by atoms with Crippen molar-refractivity contribution in [2.45, 2.75) is 58.8 Å². The summed E-state index contributed by atoms with van der Waals surface area (Å²) in [6, 6.07) is 5.16. The minimum atomic E-state index is -1.35. The van der Waals surface area contributed by atoms with Crippen LogP contribution in [0.25, 0.3) is 11.1 Å². The van der Waals surface area contributed by atoms with Crippen LogP contribution in [0, 0.1) is 30.2 Å². The predicted molar refractivity (Wildman–Crippen MR) is 93.5 cm³/mol. The van der Waals surface area contributed by atoms with E-state index in [4.69, 9.17) is 0 Å². The summed E-state index contributed by atoms with van der Waals surface area (Å²) in [5.74, 6) is -4.18. The Morgan fingerprint density at radius 1 is 0.760 bits per heavy atom. The van der Waals surface area contributed by atoms with Gasteiger partial charge >= 0.3 is 0 Å². The van der Waals surface area contributed by atoms with Gasteiger partial charge in [-0.25, -0.2) is 17.6 Å². The summed E-state index contributed by atoms with van der Waals surface area (Å²) in [6.45, 7) is 3.43. The van der Waals surface area contributed by atoms with Crippen molar-refractivity contribution in [2.75, 3.05) is 0 Å². The van der Waals surface area contributed by atoms with Gasteiger partial charge in [-0.15, -0.1) is 0 Å². The Kier molecular flexibility index (Phi) is 7.03. The minimum absolute atomic E-state index is 0.140. The lowest BCUT2D eigenvalue weighted by molar-refractivity contribution is 0.492. The molecule has 0 aliphatic heterocycles. The Hall–Kier alpha value is -1.84. The molecule has 0 bridgehead atoms. The van der Waals surface area contributed by atoms with Crippen molar-refractivity contribution < 1.29 is 17.6 Å². The highest BCUT2D eigenvalue weighted by atomic mass is 19.2. The molecule has 25 heavy (non-hydrogen) atoms. The molecule has 0 fully saturated rings. The van der Waals surface area contributed by atoms with Crippen LogP contribution >= 0.6 is 0 Å². The van der Waals surface area contributed by atoms with Crippen molar-refractivity contribution in [3.05, 3.63) is 58.7 Å². The Labute approximate surface area is 146 Å². The smallest absolute Gasteiger partial charge is 0.169 e. The minimum Gasteiger partial charge on any atom is -0.206 e. The van der Waals surface area contributed by atoms with Crippen LogP contribution in [0.2, 0.25) is 0 Å². The van der Waals surface area contributed by atoms with E-state index >= 15 is 0 Å². The maximum atomic E-state index is 14.3. The second-order valence-electron chi connectivity index (χ2n) is 6.51. The molecule has 0 unspecified atom stereocenters. The van der Waals surface area contributed by atoms with Gasteiger partial charge in [0.25, 0.3) is 0 Å². The van der Waals surface area contributed by atoms with Crippen LogP contribution in [0.15, 0.2) is 24.3 Å². The maximum absolute atomic E-state index is 14.3. The van der Waals surface area contributed by atoms with Crippen molar-refractivity contribution in [1.82, 2.24) is 0 Å². The summed E-state index contributed by atoms with van der Waals surface area (Å²) in [4.78, 5) is 0. The molecule has 2 aromatic carbocycles. The number of rotatable bonds is 8. The number of benzene rings is 2. The van der Waals surface area contributed by atoms with Crippen LogP contribution in [0.4, 0.5) is 17.6 Å². The molecule has 0 N–H and O–H groups in total. The van der Waals surface area contributed by atoms with Crippen molar-refractivity contribution in [2.24, 2.45) is 0 Å². The quantitative estimate of drug-likeness (QED) is 0.269. The third kappa shape index (κ3) is 4.83. The number of hydrogen-bond donors (Lipinski definition) is 0. The summed E-state index contributed by atoms with van der Waals surface area (Å²) in [5.41, 5.74) is -0.253. The van der Waals surface area contributed by atoms with Gasteiger partial charge in [0.2, 0.25) is 0 Å². The van der Waals surface area contributed by atoms with Gasteiger partial charge in [-0.1, -0.05) is 51.2 Å². The summed E-state index contributed by atoms with van der Waals surface area (Å²) in [5, 5.41) is 0. The van der Waals surface area contributed by atoms with Gasteiger partial charge in [-0.05, 0) is 43.0 Å². The molecule has 0 aromatic heterocycles. The van der Waals surface area contributed by atoms with E-state index in [9.17, 15) is 17.6 Å². The SMILES string of the molecule is CCCCCCCCc1ccc(-c2c(F)cc(C)c(F)c2F)c(F)c1. The first-order chi connectivity index (χ1) is 12.0. The first kappa shape index (κ1) is 19.5. The van der Waals surface area contributed by atoms with Gasteiger partial charge < -0.3 is 0 Å². The van der Waals surface area contributed by atoms with Crippen LogP contribution < -0.4 is 0 Å². The third-order valence-electron chi connectivity index (χ3n) is 4.46. The molecular formula is C21H24F4. The van der Waals surface area contributed by atoms with Crippen molar-refractivity contribution in [3.8, 4) is 11.1 Å². The molecule has 2 aromatic rings. The molecule has 0 spiro atoms. The predicted octanol–water partition coefficient (Wildman–Crippen LogP) is 7.12. The average molecular weight is 352 g/mol. The fraction of sp³-hybridized carbons (Fsp3) is 0.429. The second kappa shape index (κ2) is 9.02. The van der Waals surface area contributed by atoms with E-state index in [1.54, 1.807) is 6.07 Å². The van der Waals surface area contributed by atoms with Crippen molar-refractivity contribution >= 4 is 0 Å². The highest BCUT2D eigenvalue weighted by Crippen LogP contribution is 2.32. The standard InChI is InChI=1S/C21H24F4/c1-3-4-5-6-7-8-9-15-10-11-16(17(22)13-15)19-18(23)12-14(2)20(24)21(19)25/h10-13H,3-9H2,1-2H3. The largest absolute Gasteiger partial charge is 0.206 e. The number of aryl methyl sites for hydroxylation is 2. The molecule has 136 valence electrons. The first-order valence-electron chi connectivity index (χ1n) is 8.88. The fourth-order valence-electron chi connectivity index (χ4n) is 2.99. The van der Waals surface area contributed by atoms with Crippen molar-refractivity contribution in [3.63, 3.8) is 0 Å². The van der Waals surface area contributed by atoms with Gasteiger partial charge in [-0.2, -0.15) is 0 Å². The molecule has 0 radical (unpaired) electrons. The molecule has 0 atom stereocenters. The van der Waals surface area contributed by atoms with E-state index in [0.29, 0.717) is 0 Å². The molecular weight excluding hydrogens is 328 g/mol. The number of hydrogen-bond acceptors (Lipinski definition) is 0. The molecule has 0 aliphatic rings. The Bertz CT molecular complexity index is 722. The Morgan fingerprint density at radius 3 is 2.12 bits per heavy atom. The van der Waals surface area contributed by atoms with E-state index in [-0.39, 0.29) is 11.1 Å². The molecule has 4 heteroatoms. The number of unbranched alkanes of at least 4 members (excludes halogenated alkanes) is 5. The van der Waals surface area contributed by atoms with E-state index < -0.39 is 28.8 Å². The van der Waals surface area contributed by atoms with Crippen LogP contribution in [0.5, 0.6) is 0 Å². The van der Waals surface area contributed by atoms with E-state index in [1.165, 1.54) is 38.3 Å². The van der Waals surface area contributed by atoms with Crippen LogP contribution in [0.3, 0.4) is 0 Å². The third-order valence-corrected chi connectivity index (χ3v) is 4.46. The molecule has 0 heterocycles. The summed E-state index contributed by atoms with van der Waals surface area (Å²) in [6.07, 6.45) is 7.54. The van der Waals surface area contributed by atoms with E-state index in [0.717, 1.165) is 37.3 Å². The van der Waals surface area contributed by atoms with E-state index in [2.05, 4.69) is 6.92 Å². The van der Waals surface area contributed by atoms with Crippen LogP contribution in [-0.4, -0.2) is 0 Å². The Balaban J connectivity index is 2.12. The fourth-order valence-corrected chi connectivity index (χ4v) is 2.99. The summed E-state index contributed by atoms with van der Waals surface area (Å²) < 4.78 is 56.1. The van der Waals surface area contributed by atoms with Crippen LogP contribution in [-0.2, 0) is 6.42 Å². The average Bonchev–Trinajstić information content (AvgIpc) is 2.58. The lowest BCUT2D eigenvalue weighted by atomic mass is 9.98. The van der Waals surface area contributed by atoms with Gasteiger partial charge in [0.15, 0.2) is 11.6 Å². The van der Waals surface area contributed by atoms with Crippen molar-refractivity contribution in [1.29, 1.82) is 0 Å². The zero-order valence-electron chi connectivity index (χ0n) is 14.8. The number of halogens is 4. The van der Waals surface area contributed by atoms with Gasteiger partial charge in [0.05, 0.1) is 5.56 Å². The van der Waals surface area contributed by atoms with Gasteiger partial charge in [0.1, 0.15) is 11.6 Å². The molecule has 0 amide bonds. The summed E-state index contributed by atoms with van der Waals surface area (Å²) in [7, 11) is 0. The van der Waals surface area contributed by atoms with Crippen LogP contribution in [0.1, 0.15) is 56.6 Å². The van der Waals surface area contributed by atoms with E-state index in [1.807, 2.05) is 0 Å².